The Hall–Kier alpha value is -1.86. The molecule has 1 aromatic carbocycles. The highest BCUT2D eigenvalue weighted by Crippen LogP contribution is 2.24. The van der Waals surface area contributed by atoms with Crippen LogP contribution in [0.5, 0.6) is 5.75 Å². The summed E-state index contributed by atoms with van der Waals surface area (Å²) >= 11 is 5.98. The zero-order valence-electron chi connectivity index (χ0n) is 12.0. The minimum absolute atomic E-state index is 0.207. The van der Waals surface area contributed by atoms with Crippen molar-refractivity contribution in [3.05, 3.63) is 28.8 Å². The van der Waals surface area contributed by atoms with Crippen molar-refractivity contribution in [1.29, 1.82) is 0 Å². The summed E-state index contributed by atoms with van der Waals surface area (Å²) in [5, 5.41) is 3.05. The molecule has 0 radical (unpaired) electrons. The summed E-state index contributed by atoms with van der Waals surface area (Å²) in [6, 6.07) is 5.25. The topological polar surface area (TPSA) is 47.6 Å². The van der Waals surface area contributed by atoms with Crippen molar-refractivity contribution >= 4 is 17.7 Å². The monoisotopic (exact) mass is 295 g/mol. The van der Waals surface area contributed by atoms with E-state index < -0.39 is 11.7 Å². The van der Waals surface area contributed by atoms with Crippen LogP contribution in [0.3, 0.4) is 0 Å². The Kier molecular flexibility index (Phi) is 5.72. The highest BCUT2D eigenvalue weighted by molar-refractivity contribution is 6.32. The molecule has 0 saturated heterocycles. The van der Waals surface area contributed by atoms with Gasteiger partial charge in [0.1, 0.15) is 11.4 Å². The second kappa shape index (κ2) is 7.06. The lowest BCUT2D eigenvalue weighted by atomic mass is 10.2. The van der Waals surface area contributed by atoms with Crippen LogP contribution in [0, 0.1) is 11.8 Å². The van der Waals surface area contributed by atoms with Crippen LogP contribution < -0.4 is 10.1 Å². The number of benzene rings is 1. The van der Waals surface area contributed by atoms with Crippen LogP contribution in [-0.4, -0.2) is 25.3 Å². The van der Waals surface area contributed by atoms with Crippen molar-refractivity contribution in [2.24, 2.45) is 0 Å². The molecule has 5 heteroatoms. The molecule has 0 aromatic heterocycles. The van der Waals surface area contributed by atoms with Gasteiger partial charge in [-0.3, -0.25) is 0 Å². The zero-order valence-corrected chi connectivity index (χ0v) is 12.8. The minimum Gasteiger partial charge on any atom is -0.495 e. The largest absolute Gasteiger partial charge is 0.495 e. The standard InChI is InChI=1S/C15H18ClNO3/c1-15(2,3)20-14(18)17-9-5-6-11-7-8-13(19-4)12(16)10-11/h7-8,10H,9H2,1-4H3,(H,17,18). The third-order valence-corrected chi connectivity index (χ3v) is 2.40. The molecular formula is C15H18ClNO3. The number of methoxy groups -OCH3 is 1. The number of amides is 1. The molecule has 1 rings (SSSR count). The highest BCUT2D eigenvalue weighted by atomic mass is 35.5. The van der Waals surface area contributed by atoms with Crippen LogP contribution in [0.2, 0.25) is 5.02 Å². The van der Waals surface area contributed by atoms with Gasteiger partial charge in [0, 0.05) is 5.56 Å². The lowest BCUT2D eigenvalue weighted by Crippen LogP contribution is -2.32. The average molecular weight is 296 g/mol. The molecule has 4 nitrogen and oxygen atoms in total. The van der Waals surface area contributed by atoms with Crippen molar-refractivity contribution in [3.63, 3.8) is 0 Å². The van der Waals surface area contributed by atoms with Crippen molar-refractivity contribution in [2.45, 2.75) is 26.4 Å². The minimum atomic E-state index is -0.513. The smallest absolute Gasteiger partial charge is 0.408 e. The maximum absolute atomic E-state index is 11.4. The number of carbonyl (C=O) groups excluding carboxylic acids is 1. The molecule has 0 aliphatic carbocycles. The lowest BCUT2D eigenvalue weighted by Gasteiger charge is -2.18. The summed E-state index contributed by atoms with van der Waals surface area (Å²) < 4.78 is 10.1. The van der Waals surface area contributed by atoms with Crippen LogP contribution in [0.1, 0.15) is 26.3 Å². The Bertz CT molecular complexity index is 538. The summed E-state index contributed by atoms with van der Waals surface area (Å²) in [4.78, 5) is 11.4. The molecule has 1 amide bonds. The second-order valence-electron chi connectivity index (χ2n) is 5.01. The van der Waals surface area contributed by atoms with Gasteiger partial charge in [-0.25, -0.2) is 4.79 Å². The number of nitrogens with one attached hydrogen (secondary N) is 1. The Morgan fingerprint density at radius 1 is 1.40 bits per heavy atom. The summed E-state index contributed by atoms with van der Waals surface area (Å²) in [7, 11) is 1.55. The molecule has 0 unspecified atom stereocenters. The van der Waals surface area contributed by atoms with E-state index in [0.29, 0.717) is 10.8 Å². The maximum atomic E-state index is 11.4. The molecule has 20 heavy (non-hydrogen) atoms. The van der Waals surface area contributed by atoms with Gasteiger partial charge >= 0.3 is 6.09 Å². The van der Waals surface area contributed by atoms with Gasteiger partial charge in [-0.1, -0.05) is 23.4 Å². The average Bonchev–Trinajstić information content (AvgIpc) is 2.33. The number of halogens is 1. The van der Waals surface area contributed by atoms with E-state index in [-0.39, 0.29) is 6.54 Å². The fourth-order valence-corrected chi connectivity index (χ4v) is 1.58. The van der Waals surface area contributed by atoms with Crippen LogP contribution >= 0.6 is 11.6 Å². The lowest BCUT2D eigenvalue weighted by molar-refractivity contribution is 0.0535. The molecular weight excluding hydrogens is 278 g/mol. The van der Waals surface area contributed by atoms with E-state index in [1.165, 1.54) is 0 Å². The van der Waals surface area contributed by atoms with Crippen molar-refractivity contribution in [1.82, 2.24) is 5.32 Å². The molecule has 0 saturated carbocycles. The van der Waals surface area contributed by atoms with Gasteiger partial charge < -0.3 is 14.8 Å². The number of rotatable bonds is 2. The predicted molar refractivity (Wildman–Crippen MR) is 79.1 cm³/mol. The number of alkyl carbamates (subject to hydrolysis) is 1. The molecule has 0 spiro atoms. The van der Waals surface area contributed by atoms with E-state index >= 15 is 0 Å². The van der Waals surface area contributed by atoms with Crippen molar-refractivity contribution < 1.29 is 14.3 Å². The summed E-state index contributed by atoms with van der Waals surface area (Å²) in [6.07, 6.45) is -0.487. The number of carbonyl (C=O) groups is 1. The van der Waals surface area contributed by atoms with Gasteiger partial charge in [-0.15, -0.1) is 0 Å². The maximum Gasteiger partial charge on any atom is 0.408 e. The van der Waals surface area contributed by atoms with E-state index in [2.05, 4.69) is 17.2 Å². The van der Waals surface area contributed by atoms with E-state index in [1.807, 2.05) is 0 Å². The van der Waals surface area contributed by atoms with Crippen LogP contribution in [0.25, 0.3) is 0 Å². The van der Waals surface area contributed by atoms with E-state index in [0.717, 1.165) is 5.56 Å². The van der Waals surface area contributed by atoms with E-state index in [4.69, 9.17) is 21.1 Å². The van der Waals surface area contributed by atoms with Gasteiger partial charge in [0.25, 0.3) is 0 Å². The van der Waals surface area contributed by atoms with Crippen LogP contribution in [0.15, 0.2) is 18.2 Å². The molecule has 0 aliphatic heterocycles. The van der Waals surface area contributed by atoms with E-state index in [9.17, 15) is 4.79 Å². The molecule has 0 fully saturated rings. The molecule has 0 bridgehead atoms. The molecule has 0 atom stereocenters. The third-order valence-electron chi connectivity index (χ3n) is 2.10. The molecule has 1 N–H and O–H groups in total. The van der Waals surface area contributed by atoms with Gasteiger partial charge in [0.2, 0.25) is 0 Å². The Morgan fingerprint density at radius 3 is 2.65 bits per heavy atom. The molecule has 108 valence electrons. The third kappa shape index (κ3) is 5.85. The number of hydrogen-bond acceptors (Lipinski definition) is 3. The van der Waals surface area contributed by atoms with Crippen LogP contribution in [0.4, 0.5) is 4.79 Å². The summed E-state index contributed by atoms with van der Waals surface area (Å²) in [5.74, 6) is 6.32. The first-order valence-electron chi connectivity index (χ1n) is 6.11. The molecule has 0 aliphatic rings. The fourth-order valence-electron chi connectivity index (χ4n) is 1.32. The van der Waals surface area contributed by atoms with Gasteiger partial charge in [0.05, 0.1) is 18.7 Å². The first-order valence-corrected chi connectivity index (χ1v) is 6.49. The molecule has 0 heterocycles. The van der Waals surface area contributed by atoms with Gasteiger partial charge in [0.15, 0.2) is 0 Å². The van der Waals surface area contributed by atoms with Crippen molar-refractivity contribution in [3.8, 4) is 17.6 Å². The van der Waals surface area contributed by atoms with Gasteiger partial charge in [-0.05, 0) is 39.0 Å². The normalized spacial score (nSPS) is 10.2. The Morgan fingerprint density at radius 2 is 2.10 bits per heavy atom. The Labute approximate surface area is 124 Å². The summed E-state index contributed by atoms with van der Waals surface area (Å²) in [6.45, 7) is 5.62. The highest BCUT2D eigenvalue weighted by Gasteiger charge is 2.14. The van der Waals surface area contributed by atoms with Crippen LogP contribution in [-0.2, 0) is 4.74 Å². The molecule has 1 aromatic rings. The first-order chi connectivity index (χ1) is 9.31. The number of ether oxygens (including phenoxy) is 2. The first kappa shape index (κ1) is 16.2. The van der Waals surface area contributed by atoms with Gasteiger partial charge in [-0.2, -0.15) is 0 Å². The summed E-state index contributed by atoms with van der Waals surface area (Å²) in [5.41, 5.74) is 0.239. The second-order valence-corrected chi connectivity index (χ2v) is 5.41. The fraction of sp³-hybridized carbons (Fsp3) is 0.400. The Balaban J connectivity index is 2.51. The van der Waals surface area contributed by atoms with E-state index in [1.54, 1.807) is 46.1 Å². The quantitative estimate of drug-likeness (QED) is 0.852. The zero-order chi connectivity index (χ0) is 15.2. The SMILES string of the molecule is COc1ccc(C#CCNC(=O)OC(C)(C)C)cc1Cl. The number of hydrogen-bond donors (Lipinski definition) is 1. The predicted octanol–water partition coefficient (Wildman–Crippen LogP) is 3.22. The van der Waals surface area contributed by atoms with Crippen molar-refractivity contribution in [2.75, 3.05) is 13.7 Å².